The van der Waals surface area contributed by atoms with Crippen LogP contribution in [0.15, 0.2) is 101 Å². The molecule has 11 heteroatoms. The Labute approximate surface area is 213 Å². The fourth-order valence-electron chi connectivity index (χ4n) is 4.07. The van der Waals surface area contributed by atoms with E-state index in [4.69, 9.17) is 0 Å². The average Bonchev–Trinajstić information content (AvgIpc) is 3.22. The largest absolute Gasteiger partial charge is 0.280 e. The van der Waals surface area contributed by atoms with Crippen LogP contribution in [0, 0.1) is 0 Å². The van der Waals surface area contributed by atoms with Crippen molar-refractivity contribution in [2.24, 2.45) is 0 Å². The van der Waals surface area contributed by atoms with E-state index in [0.717, 1.165) is 15.7 Å². The molecule has 1 fully saturated rings. The highest BCUT2D eigenvalue weighted by atomic mass is 32.2. The molecule has 5 rings (SSSR count). The molecule has 9 nitrogen and oxygen atoms in total. The van der Waals surface area contributed by atoms with Gasteiger partial charge in [-0.15, -0.1) is 0 Å². The van der Waals surface area contributed by atoms with Gasteiger partial charge in [0.2, 0.25) is 11.8 Å². The molecule has 0 saturated carbocycles. The molecule has 188 valence electrons. The molecular weight excluding hydrogens is 514 g/mol. The molecule has 4 aromatic carbocycles. The first-order chi connectivity index (χ1) is 17.6. The maximum absolute atomic E-state index is 12.9. The second-order valence-electron chi connectivity index (χ2n) is 8.38. The Kier molecular flexibility index (Phi) is 6.18. The fourth-order valence-corrected chi connectivity index (χ4v) is 6.21. The van der Waals surface area contributed by atoms with E-state index in [-0.39, 0.29) is 40.1 Å². The Bertz CT molecular complexity index is 1710. The predicted octanol–water partition coefficient (Wildman–Crippen LogP) is 4.09. The summed E-state index contributed by atoms with van der Waals surface area (Å²) in [5, 5.41) is 1.64. The number of sulfonamides is 2. The lowest BCUT2D eigenvalue weighted by Crippen LogP contribution is -2.28. The van der Waals surface area contributed by atoms with Crippen LogP contribution in [0.4, 0.5) is 17.1 Å². The van der Waals surface area contributed by atoms with Gasteiger partial charge in [0.25, 0.3) is 20.0 Å². The zero-order valence-electron chi connectivity index (χ0n) is 19.3. The highest BCUT2D eigenvalue weighted by Crippen LogP contribution is 2.27. The van der Waals surface area contributed by atoms with Crippen LogP contribution < -0.4 is 14.3 Å². The molecule has 0 bridgehead atoms. The first kappa shape index (κ1) is 24.5. The SMILES string of the molecule is O=C1CCC(=O)N1c1ccc(S(=O)(=O)Nc2ccc(S(=O)(=O)Nc3cccc4ccccc34)cc2)cc1. The Morgan fingerprint density at radius 2 is 1.14 bits per heavy atom. The number of fused-ring (bicyclic) bond motifs is 1. The Morgan fingerprint density at radius 3 is 1.78 bits per heavy atom. The van der Waals surface area contributed by atoms with E-state index in [9.17, 15) is 26.4 Å². The molecule has 4 aromatic rings. The third-order valence-corrected chi connectivity index (χ3v) is 8.69. The lowest BCUT2D eigenvalue weighted by Gasteiger charge is -2.15. The number of benzene rings is 4. The van der Waals surface area contributed by atoms with Crippen LogP contribution in [0.3, 0.4) is 0 Å². The number of amides is 2. The first-order valence-corrected chi connectivity index (χ1v) is 14.2. The molecule has 1 heterocycles. The second kappa shape index (κ2) is 9.34. The molecule has 1 aliphatic rings. The number of rotatable bonds is 7. The summed E-state index contributed by atoms with van der Waals surface area (Å²) >= 11 is 0. The molecule has 2 amide bonds. The van der Waals surface area contributed by atoms with Crippen LogP contribution in [0.5, 0.6) is 0 Å². The van der Waals surface area contributed by atoms with Crippen LogP contribution in [0.1, 0.15) is 12.8 Å². The molecule has 1 aliphatic heterocycles. The molecule has 0 aromatic heterocycles. The number of nitrogens with zero attached hydrogens (tertiary/aromatic N) is 1. The molecule has 0 aliphatic carbocycles. The molecule has 0 spiro atoms. The Hall–Kier alpha value is -4.22. The standard InChI is InChI=1S/C26H21N3O6S2/c30-25-16-17-26(31)29(25)20-10-14-22(15-11-20)36(32,33)27-19-8-12-21(13-9-19)37(34,35)28-24-7-3-5-18-4-1-2-6-23(18)24/h1-15,27-28H,16-17H2. The summed E-state index contributed by atoms with van der Waals surface area (Å²) in [5.41, 5.74) is 0.904. The number of imide groups is 1. The maximum atomic E-state index is 12.9. The quantitative estimate of drug-likeness (QED) is 0.343. The smallest absolute Gasteiger partial charge is 0.261 e. The minimum atomic E-state index is -4.01. The van der Waals surface area contributed by atoms with Crippen molar-refractivity contribution < 1.29 is 26.4 Å². The van der Waals surface area contributed by atoms with Gasteiger partial charge in [0, 0.05) is 23.9 Å². The molecule has 1 saturated heterocycles. The molecular formula is C26H21N3O6S2. The van der Waals surface area contributed by atoms with Crippen LogP contribution in [-0.4, -0.2) is 28.6 Å². The number of hydrogen-bond acceptors (Lipinski definition) is 6. The van der Waals surface area contributed by atoms with Gasteiger partial charge in [-0.1, -0.05) is 36.4 Å². The number of carbonyl (C=O) groups excluding carboxylic acids is 2. The van der Waals surface area contributed by atoms with Crippen LogP contribution >= 0.6 is 0 Å². The van der Waals surface area contributed by atoms with Crippen LogP contribution in [-0.2, 0) is 29.6 Å². The monoisotopic (exact) mass is 535 g/mol. The highest BCUT2D eigenvalue weighted by molar-refractivity contribution is 7.93. The van der Waals surface area contributed by atoms with Gasteiger partial charge in [0.1, 0.15) is 0 Å². The zero-order chi connectivity index (χ0) is 26.2. The van der Waals surface area contributed by atoms with Crippen molar-refractivity contribution >= 4 is 59.7 Å². The Balaban J connectivity index is 1.32. The minimum Gasteiger partial charge on any atom is -0.280 e. The molecule has 0 atom stereocenters. The molecule has 0 radical (unpaired) electrons. The van der Waals surface area contributed by atoms with E-state index < -0.39 is 20.0 Å². The van der Waals surface area contributed by atoms with Crippen molar-refractivity contribution in [1.29, 1.82) is 0 Å². The summed E-state index contributed by atoms with van der Waals surface area (Å²) in [7, 11) is -7.93. The van der Waals surface area contributed by atoms with Crippen molar-refractivity contribution in [3.05, 3.63) is 91.0 Å². The molecule has 37 heavy (non-hydrogen) atoms. The Morgan fingerprint density at radius 1 is 0.595 bits per heavy atom. The summed E-state index contributed by atoms with van der Waals surface area (Å²) in [5.74, 6) is -0.660. The summed E-state index contributed by atoms with van der Waals surface area (Å²) in [4.78, 5) is 24.7. The van der Waals surface area contributed by atoms with Gasteiger partial charge < -0.3 is 0 Å². The minimum absolute atomic E-state index is 0.0346. The summed E-state index contributed by atoms with van der Waals surface area (Å²) < 4.78 is 56.5. The van der Waals surface area contributed by atoms with Gasteiger partial charge in [-0.05, 0) is 60.0 Å². The number of anilines is 3. The molecule has 2 N–H and O–H groups in total. The maximum Gasteiger partial charge on any atom is 0.261 e. The number of nitrogens with one attached hydrogen (secondary N) is 2. The second-order valence-corrected chi connectivity index (χ2v) is 11.7. The lowest BCUT2D eigenvalue weighted by molar-refractivity contribution is -0.121. The van der Waals surface area contributed by atoms with E-state index in [1.54, 1.807) is 12.1 Å². The van der Waals surface area contributed by atoms with Gasteiger partial charge >= 0.3 is 0 Å². The van der Waals surface area contributed by atoms with E-state index in [0.29, 0.717) is 11.4 Å². The van der Waals surface area contributed by atoms with Gasteiger partial charge in [-0.25, -0.2) is 16.8 Å². The summed E-state index contributed by atoms with van der Waals surface area (Å²) in [6.07, 6.45) is 0.257. The van der Waals surface area contributed by atoms with Crippen molar-refractivity contribution in [2.45, 2.75) is 22.6 Å². The predicted molar refractivity (Wildman–Crippen MR) is 140 cm³/mol. The van der Waals surface area contributed by atoms with Gasteiger partial charge in [0.05, 0.1) is 21.2 Å². The van der Waals surface area contributed by atoms with E-state index in [1.165, 1.54) is 48.5 Å². The van der Waals surface area contributed by atoms with Crippen LogP contribution in [0.25, 0.3) is 10.8 Å². The third-order valence-electron chi connectivity index (χ3n) is 5.91. The number of carbonyl (C=O) groups is 2. The summed E-state index contributed by atoms with van der Waals surface area (Å²) in [6, 6.07) is 23.4. The van der Waals surface area contributed by atoms with E-state index in [1.807, 2.05) is 30.3 Å². The first-order valence-electron chi connectivity index (χ1n) is 11.2. The fraction of sp³-hybridized carbons (Fsp3) is 0.0769. The average molecular weight is 536 g/mol. The summed E-state index contributed by atoms with van der Waals surface area (Å²) in [6.45, 7) is 0. The normalized spacial score (nSPS) is 14.2. The lowest BCUT2D eigenvalue weighted by atomic mass is 10.1. The third kappa shape index (κ3) is 4.91. The van der Waals surface area contributed by atoms with E-state index >= 15 is 0 Å². The van der Waals surface area contributed by atoms with Crippen molar-refractivity contribution in [2.75, 3.05) is 14.3 Å². The van der Waals surface area contributed by atoms with E-state index in [2.05, 4.69) is 9.44 Å². The zero-order valence-corrected chi connectivity index (χ0v) is 20.9. The van der Waals surface area contributed by atoms with Crippen molar-refractivity contribution in [1.82, 2.24) is 0 Å². The number of hydrogen-bond donors (Lipinski definition) is 2. The van der Waals surface area contributed by atoms with Crippen molar-refractivity contribution in [3.8, 4) is 0 Å². The van der Waals surface area contributed by atoms with Gasteiger partial charge in [-0.2, -0.15) is 0 Å². The molecule has 0 unspecified atom stereocenters. The van der Waals surface area contributed by atoms with Gasteiger partial charge in [-0.3, -0.25) is 23.9 Å². The van der Waals surface area contributed by atoms with Crippen molar-refractivity contribution in [3.63, 3.8) is 0 Å². The highest BCUT2D eigenvalue weighted by Gasteiger charge is 2.30. The van der Waals surface area contributed by atoms with Gasteiger partial charge in [0.15, 0.2) is 0 Å². The van der Waals surface area contributed by atoms with Crippen LogP contribution in [0.2, 0.25) is 0 Å². The topological polar surface area (TPSA) is 130 Å².